The van der Waals surface area contributed by atoms with E-state index < -0.39 is 23.8 Å². The van der Waals surface area contributed by atoms with Crippen molar-refractivity contribution in [1.82, 2.24) is 10.6 Å². The van der Waals surface area contributed by atoms with Crippen molar-refractivity contribution in [2.75, 3.05) is 0 Å². The van der Waals surface area contributed by atoms with Gasteiger partial charge in [0.15, 0.2) is 0 Å². The van der Waals surface area contributed by atoms with Crippen LogP contribution in [0.25, 0.3) is 0 Å². The lowest BCUT2D eigenvalue weighted by Gasteiger charge is -2.17. The molecule has 0 saturated carbocycles. The lowest BCUT2D eigenvalue weighted by molar-refractivity contribution is -0.130. The van der Waals surface area contributed by atoms with Crippen molar-refractivity contribution in [3.8, 4) is 0 Å². The summed E-state index contributed by atoms with van der Waals surface area (Å²) in [5, 5.41) is 5.12. The molecular weight excluding hydrogens is 282 g/mol. The molecule has 3 amide bonds. The minimum atomic E-state index is -0.961. The number of rotatable bonds is 9. The van der Waals surface area contributed by atoms with Crippen molar-refractivity contribution in [3.63, 3.8) is 0 Å². The van der Waals surface area contributed by atoms with Gasteiger partial charge >= 0.3 is 0 Å². The summed E-state index contributed by atoms with van der Waals surface area (Å²) in [5.41, 5.74) is 5.11. The van der Waals surface area contributed by atoms with Crippen LogP contribution in [0.15, 0.2) is 24.3 Å². The minimum absolute atomic E-state index is 0.0886. The largest absolute Gasteiger partial charge is 0.370 e. The van der Waals surface area contributed by atoms with Gasteiger partial charge in [-0.2, -0.15) is 0 Å². The van der Waals surface area contributed by atoms with E-state index in [0.29, 0.717) is 5.92 Å². The van der Waals surface area contributed by atoms with Gasteiger partial charge < -0.3 is 16.4 Å². The van der Waals surface area contributed by atoms with E-state index >= 15 is 0 Å². The molecule has 0 aliphatic carbocycles. The molecule has 124 valence electrons. The predicted octanol–water partition coefficient (Wildman–Crippen LogP) is 1.03. The van der Waals surface area contributed by atoms with Gasteiger partial charge in [-0.25, -0.2) is 0 Å². The topological polar surface area (TPSA) is 101 Å². The zero-order valence-electron chi connectivity index (χ0n) is 13.8. The number of nitrogens with two attached hydrogens (primary N) is 1. The molecule has 0 aromatic rings. The highest BCUT2D eigenvalue weighted by Gasteiger charge is 2.22. The average molecular weight is 309 g/mol. The molecule has 4 N–H and O–H groups in total. The van der Waals surface area contributed by atoms with E-state index in [4.69, 9.17) is 5.73 Å². The van der Waals surface area contributed by atoms with Gasteiger partial charge in [0.2, 0.25) is 17.7 Å². The van der Waals surface area contributed by atoms with E-state index in [1.165, 1.54) is 6.08 Å². The number of hydrogen-bond donors (Lipinski definition) is 3. The fraction of sp³-hybridized carbons (Fsp3) is 0.562. The molecule has 0 aliphatic rings. The van der Waals surface area contributed by atoms with E-state index in [1.807, 2.05) is 6.08 Å². The van der Waals surface area contributed by atoms with Gasteiger partial charge in [0.1, 0.15) is 6.04 Å². The van der Waals surface area contributed by atoms with Crippen molar-refractivity contribution < 1.29 is 14.4 Å². The maximum absolute atomic E-state index is 11.9. The van der Waals surface area contributed by atoms with Crippen molar-refractivity contribution in [2.24, 2.45) is 11.7 Å². The number of carbonyl (C=O) groups is 3. The molecule has 6 nitrogen and oxygen atoms in total. The fourth-order valence-electron chi connectivity index (χ4n) is 1.59. The summed E-state index contributed by atoms with van der Waals surface area (Å²) < 4.78 is 0. The van der Waals surface area contributed by atoms with Gasteiger partial charge in [0.25, 0.3) is 0 Å². The molecule has 1 atom stereocenters. The maximum atomic E-state index is 11.9. The van der Waals surface area contributed by atoms with Crippen LogP contribution in [-0.4, -0.2) is 29.8 Å². The Kier molecular flexibility index (Phi) is 9.58. The molecule has 6 heteroatoms. The van der Waals surface area contributed by atoms with Gasteiger partial charge in [0, 0.05) is 12.1 Å². The van der Waals surface area contributed by atoms with Crippen LogP contribution in [0.2, 0.25) is 0 Å². The first-order valence-electron chi connectivity index (χ1n) is 7.44. The summed E-state index contributed by atoms with van der Waals surface area (Å²) >= 11 is 0. The standard InChI is InChI=1S/C16H27N3O3/c1-11(2)8-6-5-7-9-15(21)19-13(10-14(17)20)16(22)18-12(3)4/h5-7,9,11-13H,8,10H2,1-4H3,(H2,17,20)(H,18,22)(H,19,21)/b6-5+,9-7-/t13-/m0/s1. The first-order valence-corrected chi connectivity index (χ1v) is 7.44. The van der Waals surface area contributed by atoms with Crippen molar-refractivity contribution in [3.05, 3.63) is 24.3 Å². The molecule has 0 fully saturated rings. The number of primary amides is 1. The molecule has 22 heavy (non-hydrogen) atoms. The van der Waals surface area contributed by atoms with Crippen LogP contribution in [0.5, 0.6) is 0 Å². The third-order valence-electron chi connectivity index (χ3n) is 2.57. The van der Waals surface area contributed by atoms with E-state index in [1.54, 1.807) is 26.0 Å². The van der Waals surface area contributed by atoms with Crippen LogP contribution >= 0.6 is 0 Å². The van der Waals surface area contributed by atoms with E-state index in [2.05, 4.69) is 24.5 Å². The third kappa shape index (κ3) is 10.7. The first kappa shape index (κ1) is 19.9. The molecule has 0 radical (unpaired) electrons. The van der Waals surface area contributed by atoms with Crippen LogP contribution in [0.1, 0.15) is 40.5 Å². The van der Waals surface area contributed by atoms with Crippen LogP contribution in [0.3, 0.4) is 0 Å². The van der Waals surface area contributed by atoms with Crippen LogP contribution in [0, 0.1) is 5.92 Å². The maximum Gasteiger partial charge on any atom is 0.244 e. The second-order valence-electron chi connectivity index (χ2n) is 5.81. The van der Waals surface area contributed by atoms with Gasteiger partial charge in [-0.15, -0.1) is 0 Å². The lowest BCUT2D eigenvalue weighted by Crippen LogP contribution is -2.49. The normalized spacial score (nSPS) is 13.0. The molecule has 0 rings (SSSR count). The van der Waals surface area contributed by atoms with Crippen LogP contribution in [0.4, 0.5) is 0 Å². The average Bonchev–Trinajstić information content (AvgIpc) is 2.35. The molecule has 0 bridgehead atoms. The Morgan fingerprint density at radius 2 is 1.68 bits per heavy atom. The molecule has 0 aromatic heterocycles. The van der Waals surface area contributed by atoms with E-state index in [-0.39, 0.29) is 12.5 Å². The Balaban J connectivity index is 4.55. The lowest BCUT2D eigenvalue weighted by atomic mass is 10.1. The Labute approximate surface area is 132 Å². The number of nitrogens with one attached hydrogen (secondary N) is 2. The van der Waals surface area contributed by atoms with Gasteiger partial charge in [-0.05, 0) is 26.2 Å². The number of amides is 3. The second-order valence-corrected chi connectivity index (χ2v) is 5.81. The summed E-state index contributed by atoms with van der Waals surface area (Å²) in [5.74, 6) is -0.964. The molecule has 0 aromatic carbocycles. The highest BCUT2D eigenvalue weighted by atomic mass is 16.2. The molecule has 0 unspecified atom stereocenters. The third-order valence-corrected chi connectivity index (χ3v) is 2.57. The SMILES string of the molecule is CC(C)C/C=C/C=C\C(=O)N[C@@H](CC(N)=O)C(=O)NC(C)C. The first-order chi connectivity index (χ1) is 10.2. The molecule has 0 spiro atoms. The smallest absolute Gasteiger partial charge is 0.244 e. The second kappa shape index (κ2) is 10.6. The highest BCUT2D eigenvalue weighted by molar-refractivity contribution is 5.95. The van der Waals surface area contributed by atoms with Crippen LogP contribution < -0.4 is 16.4 Å². The Hall–Kier alpha value is -2.11. The summed E-state index contributed by atoms with van der Waals surface area (Å²) in [6, 6.07) is -1.05. The highest BCUT2D eigenvalue weighted by Crippen LogP contribution is 1.99. The zero-order valence-corrected chi connectivity index (χ0v) is 13.8. The molecule has 0 heterocycles. The van der Waals surface area contributed by atoms with Crippen molar-refractivity contribution >= 4 is 17.7 Å². The summed E-state index contributed by atoms with van der Waals surface area (Å²) in [7, 11) is 0. The molecule has 0 saturated heterocycles. The van der Waals surface area contributed by atoms with Crippen molar-refractivity contribution in [1.29, 1.82) is 0 Å². The van der Waals surface area contributed by atoms with Crippen molar-refractivity contribution in [2.45, 2.75) is 52.6 Å². The zero-order chi connectivity index (χ0) is 17.1. The Morgan fingerprint density at radius 3 is 2.18 bits per heavy atom. The fourth-order valence-corrected chi connectivity index (χ4v) is 1.59. The monoisotopic (exact) mass is 309 g/mol. The number of carbonyl (C=O) groups excluding carboxylic acids is 3. The molecule has 0 aliphatic heterocycles. The predicted molar refractivity (Wildman–Crippen MR) is 86.8 cm³/mol. The number of hydrogen-bond acceptors (Lipinski definition) is 3. The van der Waals surface area contributed by atoms with Gasteiger partial charge in [-0.1, -0.05) is 32.1 Å². The summed E-state index contributed by atoms with van der Waals surface area (Å²) in [4.78, 5) is 34.7. The van der Waals surface area contributed by atoms with E-state index in [9.17, 15) is 14.4 Å². The van der Waals surface area contributed by atoms with E-state index in [0.717, 1.165) is 6.42 Å². The number of allylic oxidation sites excluding steroid dienone is 3. The van der Waals surface area contributed by atoms with Gasteiger partial charge in [0.05, 0.1) is 6.42 Å². The Morgan fingerprint density at radius 1 is 1.05 bits per heavy atom. The Bertz CT molecular complexity index is 440. The minimum Gasteiger partial charge on any atom is -0.370 e. The van der Waals surface area contributed by atoms with Gasteiger partial charge in [-0.3, -0.25) is 14.4 Å². The quantitative estimate of drug-likeness (QED) is 0.438. The summed E-state index contributed by atoms with van der Waals surface area (Å²) in [6.45, 7) is 7.78. The van der Waals surface area contributed by atoms with Crippen LogP contribution in [-0.2, 0) is 14.4 Å². The summed E-state index contributed by atoms with van der Waals surface area (Å²) in [6.07, 6.45) is 7.33. The molecular formula is C16H27N3O3.